The van der Waals surface area contributed by atoms with Crippen LogP contribution in [0, 0.1) is 5.82 Å². The van der Waals surface area contributed by atoms with E-state index in [0.717, 1.165) is 25.7 Å². The molecule has 1 aliphatic heterocycles. The van der Waals surface area contributed by atoms with Crippen molar-refractivity contribution in [2.75, 3.05) is 18.4 Å². The van der Waals surface area contributed by atoms with Gasteiger partial charge in [0, 0.05) is 19.3 Å². The summed E-state index contributed by atoms with van der Waals surface area (Å²) in [6.45, 7) is 1.39. The van der Waals surface area contributed by atoms with Gasteiger partial charge in [0.05, 0.1) is 11.2 Å². The molecular weight excluding hydrogens is 359 g/mol. The molecule has 28 heavy (non-hydrogen) atoms. The van der Waals surface area contributed by atoms with E-state index >= 15 is 0 Å². The van der Waals surface area contributed by atoms with Crippen LogP contribution < -0.4 is 5.32 Å². The molecule has 2 aromatic heterocycles. The largest absolute Gasteiger partial charge is 0.337 e. The summed E-state index contributed by atoms with van der Waals surface area (Å²) in [6.07, 6.45) is 5.85. The van der Waals surface area contributed by atoms with Gasteiger partial charge in [0.2, 0.25) is 5.82 Å². The Morgan fingerprint density at radius 3 is 2.43 bits per heavy atom. The normalized spacial score (nSPS) is 14.7. The fourth-order valence-corrected chi connectivity index (χ4v) is 3.52. The number of carbonyl (C=O) groups is 2. The van der Waals surface area contributed by atoms with Gasteiger partial charge in [0.25, 0.3) is 11.8 Å². The predicted octanol–water partition coefficient (Wildman–Crippen LogP) is 3.74. The number of pyridine rings is 1. The number of nitrogens with zero attached hydrogens (tertiary/aromatic N) is 3. The van der Waals surface area contributed by atoms with Crippen LogP contribution in [0.2, 0.25) is 0 Å². The number of halogens is 1. The Balaban J connectivity index is 1.69. The Morgan fingerprint density at radius 1 is 0.964 bits per heavy atom. The van der Waals surface area contributed by atoms with Gasteiger partial charge in [-0.25, -0.2) is 9.37 Å². The van der Waals surface area contributed by atoms with Crippen molar-refractivity contribution in [3.8, 4) is 0 Å². The molecule has 3 heterocycles. The average Bonchev–Trinajstić information content (AvgIpc) is 2.89. The predicted molar refractivity (Wildman–Crippen MR) is 104 cm³/mol. The second-order valence-electron chi connectivity index (χ2n) is 6.88. The lowest BCUT2D eigenvalue weighted by Gasteiger charge is -2.19. The van der Waals surface area contributed by atoms with E-state index in [-0.39, 0.29) is 23.1 Å². The molecule has 1 aliphatic rings. The highest BCUT2D eigenvalue weighted by molar-refractivity contribution is 6.06. The zero-order chi connectivity index (χ0) is 19.5. The van der Waals surface area contributed by atoms with Gasteiger partial charge < -0.3 is 10.2 Å². The van der Waals surface area contributed by atoms with Crippen LogP contribution in [0.5, 0.6) is 0 Å². The van der Waals surface area contributed by atoms with Crippen LogP contribution in [0.4, 0.5) is 10.1 Å². The van der Waals surface area contributed by atoms with Crippen LogP contribution in [0.15, 0.2) is 48.7 Å². The zero-order valence-corrected chi connectivity index (χ0v) is 15.4. The van der Waals surface area contributed by atoms with Crippen molar-refractivity contribution in [1.82, 2.24) is 14.3 Å². The highest BCUT2D eigenvalue weighted by atomic mass is 19.1. The Morgan fingerprint density at radius 2 is 1.68 bits per heavy atom. The van der Waals surface area contributed by atoms with Crippen molar-refractivity contribution >= 4 is 23.0 Å². The van der Waals surface area contributed by atoms with Gasteiger partial charge in [-0.05, 0) is 37.1 Å². The third-order valence-electron chi connectivity index (χ3n) is 4.97. The summed E-state index contributed by atoms with van der Waals surface area (Å²) in [4.78, 5) is 32.0. The van der Waals surface area contributed by atoms with Crippen molar-refractivity contribution in [2.24, 2.45) is 0 Å². The summed E-state index contributed by atoms with van der Waals surface area (Å²) in [7, 11) is 0. The van der Waals surface area contributed by atoms with E-state index in [4.69, 9.17) is 0 Å². The zero-order valence-electron chi connectivity index (χ0n) is 15.4. The SMILES string of the molecule is O=C(Nc1ccccc1F)c1nc(C(=O)N2CCCCCC2)c2ccccn12. The quantitative estimate of drug-likeness (QED) is 0.753. The molecule has 1 saturated heterocycles. The fraction of sp³-hybridized carbons (Fsp3) is 0.286. The molecule has 4 rings (SSSR count). The molecule has 0 aliphatic carbocycles. The van der Waals surface area contributed by atoms with Crippen molar-refractivity contribution < 1.29 is 14.0 Å². The molecule has 0 bridgehead atoms. The lowest BCUT2D eigenvalue weighted by molar-refractivity contribution is 0.0758. The van der Waals surface area contributed by atoms with E-state index in [1.54, 1.807) is 45.8 Å². The molecule has 0 atom stereocenters. The van der Waals surface area contributed by atoms with Gasteiger partial charge in [-0.1, -0.05) is 31.0 Å². The molecule has 1 aromatic carbocycles. The molecule has 7 heteroatoms. The number of aromatic nitrogens is 2. The molecule has 2 amide bonds. The number of hydrogen-bond donors (Lipinski definition) is 1. The summed E-state index contributed by atoms with van der Waals surface area (Å²) in [6, 6.07) is 11.3. The van der Waals surface area contributed by atoms with E-state index in [1.165, 1.54) is 12.1 Å². The molecule has 0 unspecified atom stereocenters. The fourth-order valence-electron chi connectivity index (χ4n) is 3.52. The monoisotopic (exact) mass is 380 g/mol. The van der Waals surface area contributed by atoms with E-state index in [9.17, 15) is 14.0 Å². The number of hydrogen-bond acceptors (Lipinski definition) is 3. The van der Waals surface area contributed by atoms with Crippen LogP contribution >= 0.6 is 0 Å². The summed E-state index contributed by atoms with van der Waals surface area (Å²) < 4.78 is 15.5. The van der Waals surface area contributed by atoms with Crippen LogP contribution in [0.3, 0.4) is 0 Å². The number of likely N-dealkylation sites (tertiary alicyclic amines) is 1. The van der Waals surface area contributed by atoms with Crippen molar-refractivity contribution in [3.63, 3.8) is 0 Å². The number of benzene rings is 1. The summed E-state index contributed by atoms with van der Waals surface area (Å²) in [5.74, 6) is -1.22. The van der Waals surface area contributed by atoms with Gasteiger partial charge >= 0.3 is 0 Å². The van der Waals surface area contributed by atoms with E-state index in [2.05, 4.69) is 10.3 Å². The molecule has 0 spiro atoms. The molecule has 1 fully saturated rings. The molecule has 0 radical (unpaired) electrons. The van der Waals surface area contributed by atoms with E-state index in [0.29, 0.717) is 18.6 Å². The Bertz CT molecular complexity index is 1020. The minimum absolute atomic E-state index is 0.0528. The first-order valence-corrected chi connectivity index (χ1v) is 9.47. The maximum Gasteiger partial charge on any atom is 0.292 e. The summed E-state index contributed by atoms with van der Waals surface area (Å²) >= 11 is 0. The Hall–Kier alpha value is -3.22. The van der Waals surface area contributed by atoms with Gasteiger partial charge in [-0.2, -0.15) is 0 Å². The van der Waals surface area contributed by atoms with Gasteiger partial charge in [-0.3, -0.25) is 14.0 Å². The van der Waals surface area contributed by atoms with Crippen molar-refractivity contribution in [1.29, 1.82) is 0 Å². The van der Waals surface area contributed by atoms with Gasteiger partial charge in [0.15, 0.2) is 5.69 Å². The average molecular weight is 380 g/mol. The first kappa shape index (κ1) is 18.2. The molecule has 6 nitrogen and oxygen atoms in total. The number of rotatable bonds is 3. The third-order valence-corrected chi connectivity index (χ3v) is 4.97. The van der Waals surface area contributed by atoms with E-state index < -0.39 is 11.7 Å². The second-order valence-corrected chi connectivity index (χ2v) is 6.88. The summed E-state index contributed by atoms with van der Waals surface area (Å²) in [5, 5.41) is 2.54. The number of fused-ring (bicyclic) bond motifs is 1. The molecular formula is C21H21FN4O2. The van der Waals surface area contributed by atoms with Crippen LogP contribution in [-0.2, 0) is 0 Å². The number of carbonyl (C=O) groups excluding carboxylic acids is 2. The van der Waals surface area contributed by atoms with Crippen molar-refractivity contribution in [2.45, 2.75) is 25.7 Å². The second kappa shape index (κ2) is 7.80. The number of para-hydroxylation sites is 1. The van der Waals surface area contributed by atoms with Gasteiger partial charge in [0.1, 0.15) is 5.82 Å². The molecule has 1 N–H and O–H groups in total. The molecule has 144 valence electrons. The Kier molecular flexibility index (Phi) is 5.06. The number of anilines is 1. The number of amides is 2. The highest BCUT2D eigenvalue weighted by Crippen LogP contribution is 2.20. The van der Waals surface area contributed by atoms with Crippen LogP contribution in [-0.4, -0.2) is 39.2 Å². The minimum Gasteiger partial charge on any atom is -0.337 e. The smallest absolute Gasteiger partial charge is 0.292 e. The minimum atomic E-state index is -0.568. The van der Waals surface area contributed by atoms with E-state index in [1.807, 2.05) is 0 Å². The topological polar surface area (TPSA) is 66.7 Å². The third kappa shape index (κ3) is 3.47. The van der Waals surface area contributed by atoms with Crippen molar-refractivity contribution in [3.05, 3.63) is 66.0 Å². The lowest BCUT2D eigenvalue weighted by atomic mass is 10.2. The maximum atomic E-state index is 13.9. The van der Waals surface area contributed by atoms with Crippen LogP contribution in [0.25, 0.3) is 5.52 Å². The molecule has 3 aromatic rings. The first-order chi connectivity index (χ1) is 13.6. The first-order valence-electron chi connectivity index (χ1n) is 9.47. The maximum absolute atomic E-state index is 13.9. The Labute approximate surface area is 162 Å². The van der Waals surface area contributed by atoms with Crippen LogP contribution in [0.1, 0.15) is 46.8 Å². The lowest BCUT2D eigenvalue weighted by Crippen LogP contribution is -2.32. The molecule has 0 saturated carbocycles. The summed E-state index contributed by atoms with van der Waals surface area (Å²) in [5.41, 5.74) is 0.886. The highest BCUT2D eigenvalue weighted by Gasteiger charge is 2.26. The standard InChI is InChI=1S/C21H21FN4O2/c22-15-9-3-4-10-16(15)23-20(27)19-24-18(17-11-5-8-14-26(17)19)21(28)25-12-6-1-2-7-13-25/h3-5,8-11,14H,1-2,6-7,12-13H2,(H,23,27). The van der Waals surface area contributed by atoms with Gasteiger partial charge in [-0.15, -0.1) is 0 Å². The number of nitrogens with one attached hydrogen (secondary N) is 1. The number of imidazole rings is 1.